The number of nitro groups is 1. The maximum atomic E-state index is 11.9. The first-order valence-electron chi connectivity index (χ1n) is 6.42. The molecule has 1 amide bonds. The number of unbranched alkanes of at least 4 members (excludes halogenated alkanes) is 1. The molecular formula is C13H14N2O6. The van der Waals surface area contributed by atoms with Gasteiger partial charge in [-0.1, -0.05) is 0 Å². The lowest BCUT2D eigenvalue weighted by Gasteiger charge is -2.29. The summed E-state index contributed by atoms with van der Waals surface area (Å²) in [5.74, 6) is -0.768. The molecule has 1 aromatic carbocycles. The summed E-state index contributed by atoms with van der Waals surface area (Å²) < 4.78 is 5.24. The highest BCUT2D eigenvalue weighted by molar-refractivity contribution is 5.98. The van der Waals surface area contributed by atoms with E-state index in [1.807, 2.05) is 0 Å². The molecule has 1 heterocycles. The lowest BCUT2D eigenvalue weighted by atomic mass is 10.1. The van der Waals surface area contributed by atoms with Crippen LogP contribution in [0.5, 0.6) is 5.75 Å². The summed E-state index contributed by atoms with van der Waals surface area (Å²) >= 11 is 0. The first-order valence-corrected chi connectivity index (χ1v) is 6.42. The lowest BCUT2D eigenvalue weighted by Crippen LogP contribution is -2.39. The van der Waals surface area contributed by atoms with Crippen molar-refractivity contribution < 1.29 is 24.4 Å². The van der Waals surface area contributed by atoms with Crippen molar-refractivity contribution >= 4 is 23.3 Å². The van der Waals surface area contributed by atoms with Crippen LogP contribution >= 0.6 is 0 Å². The van der Waals surface area contributed by atoms with Gasteiger partial charge in [-0.25, -0.2) is 0 Å². The average Bonchev–Trinajstić information content (AvgIpc) is 2.44. The third-order valence-corrected chi connectivity index (χ3v) is 3.12. The van der Waals surface area contributed by atoms with Crippen LogP contribution in [0.2, 0.25) is 0 Å². The SMILES string of the molecule is O=C(O)CCCCN1C(=O)COc2ccc([N+](=O)[O-])cc21. The summed E-state index contributed by atoms with van der Waals surface area (Å²) in [7, 11) is 0. The molecule has 8 heteroatoms. The number of rotatable bonds is 6. The Hall–Kier alpha value is -2.64. The summed E-state index contributed by atoms with van der Waals surface area (Å²) in [4.78, 5) is 34.0. The molecule has 0 radical (unpaired) electrons. The van der Waals surface area contributed by atoms with Crippen LogP contribution < -0.4 is 9.64 Å². The van der Waals surface area contributed by atoms with Crippen molar-refractivity contribution in [1.82, 2.24) is 0 Å². The first kappa shape index (κ1) is 14.8. The fourth-order valence-electron chi connectivity index (χ4n) is 2.10. The maximum Gasteiger partial charge on any atom is 0.303 e. The smallest absolute Gasteiger partial charge is 0.303 e. The molecule has 0 aromatic heterocycles. The van der Waals surface area contributed by atoms with Gasteiger partial charge in [0.15, 0.2) is 6.61 Å². The largest absolute Gasteiger partial charge is 0.482 e. The number of amides is 1. The van der Waals surface area contributed by atoms with Crippen LogP contribution in [0, 0.1) is 10.1 Å². The fraction of sp³-hybridized carbons (Fsp3) is 0.385. The summed E-state index contributed by atoms with van der Waals surface area (Å²) in [5, 5.41) is 19.4. The highest BCUT2D eigenvalue weighted by Crippen LogP contribution is 2.35. The molecule has 0 unspecified atom stereocenters. The third kappa shape index (κ3) is 3.47. The lowest BCUT2D eigenvalue weighted by molar-refractivity contribution is -0.384. The van der Waals surface area contributed by atoms with Crippen LogP contribution in [0.25, 0.3) is 0 Å². The highest BCUT2D eigenvalue weighted by Gasteiger charge is 2.27. The number of hydrogen-bond donors (Lipinski definition) is 1. The first-order chi connectivity index (χ1) is 9.99. The molecule has 0 saturated heterocycles. The number of carbonyl (C=O) groups is 2. The van der Waals surface area contributed by atoms with Gasteiger partial charge in [0.05, 0.1) is 10.6 Å². The number of nitrogens with zero attached hydrogens (tertiary/aromatic N) is 2. The van der Waals surface area contributed by atoms with Crippen LogP contribution in [0.4, 0.5) is 11.4 Å². The fourth-order valence-corrected chi connectivity index (χ4v) is 2.10. The van der Waals surface area contributed by atoms with Crippen molar-refractivity contribution in [2.24, 2.45) is 0 Å². The normalized spacial score (nSPS) is 13.5. The monoisotopic (exact) mass is 294 g/mol. The molecule has 8 nitrogen and oxygen atoms in total. The van der Waals surface area contributed by atoms with E-state index in [-0.39, 0.29) is 24.6 Å². The molecule has 1 aromatic rings. The zero-order valence-corrected chi connectivity index (χ0v) is 11.2. The molecule has 1 aliphatic heterocycles. The molecule has 0 aliphatic carbocycles. The van der Waals surface area contributed by atoms with Gasteiger partial charge in [-0.3, -0.25) is 19.7 Å². The number of carboxylic acid groups (broad SMARTS) is 1. The van der Waals surface area contributed by atoms with E-state index >= 15 is 0 Å². The Labute approximate surface area is 120 Å². The minimum atomic E-state index is -0.889. The van der Waals surface area contributed by atoms with Crippen LogP contribution in [0.15, 0.2) is 18.2 Å². The summed E-state index contributed by atoms with van der Waals surface area (Å²) in [5.41, 5.74) is 0.235. The van der Waals surface area contributed by atoms with E-state index in [9.17, 15) is 19.7 Å². The second-order valence-electron chi connectivity index (χ2n) is 4.59. The number of benzene rings is 1. The van der Waals surface area contributed by atoms with Crippen molar-refractivity contribution in [2.75, 3.05) is 18.1 Å². The van der Waals surface area contributed by atoms with Gasteiger partial charge in [-0.05, 0) is 18.9 Å². The molecule has 1 N–H and O–H groups in total. The second-order valence-corrected chi connectivity index (χ2v) is 4.59. The van der Waals surface area contributed by atoms with Gasteiger partial charge in [-0.2, -0.15) is 0 Å². The quantitative estimate of drug-likeness (QED) is 0.484. The predicted molar refractivity (Wildman–Crippen MR) is 72.4 cm³/mol. The molecular weight excluding hydrogens is 280 g/mol. The average molecular weight is 294 g/mol. The van der Waals surface area contributed by atoms with Gasteiger partial charge in [0.2, 0.25) is 0 Å². The van der Waals surface area contributed by atoms with Gasteiger partial charge in [0.1, 0.15) is 5.75 Å². The van der Waals surface area contributed by atoms with Gasteiger partial charge < -0.3 is 14.7 Å². The third-order valence-electron chi connectivity index (χ3n) is 3.12. The Kier molecular flexibility index (Phi) is 4.36. The highest BCUT2D eigenvalue weighted by atomic mass is 16.6. The number of carboxylic acids is 1. The molecule has 0 bridgehead atoms. The van der Waals surface area contributed by atoms with Crippen LogP contribution in [-0.4, -0.2) is 35.1 Å². The number of anilines is 1. The van der Waals surface area contributed by atoms with Gasteiger partial charge in [0, 0.05) is 25.1 Å². The number of hydrogen-bond acceptors (Lipinski definition) is 5. The molecule has 0 fully saturated rings. The van der Waals surface area contributed by atoms with Gasteiger partial charge in [0.25, 0.3) is 11.6 Å². The molecule has 0 spiro atoms. The minimum absolute atomic E-state index is 0.0281. The number of fused-ring (bicyclic) bond motifs is 1. The zero-order chi connectivity index (χ0) is 15.4. The molecule has 1 aliphatic rings. The van der Waals surface area contributed by atoms with Crippen LogP contribution in [0.3, 0.4) is 0 Å². The Bertz CT molecular complexity index is 586. The number of non-ortho nitro benzene ring substituents is 1. The summed E-state index contributed by atoms with van der Waals surface area (Å²) in [6, 6.07) is 4.07. The maximum absolute atomic E-state index is 11.9. The zero-order valence-electron chi connectivity index (χ0n) is 11.2. The predicted octanol–water partition coefficient (Wildman–Crippen LogP) is 1.58. The van der Waals surface area contributed by atoms with Crippen molar-refractivity contribution in [2.45, 2.75) is 19.3 Å². The van der Waals surface area contributed by atoms with E-state index in [1.165, 1.54) is 23.1 Å². The Morgan fingerprint density at radius 1 is 1.43 bits per heavy atom. The van der Waals surface area contributed by atoms with Crippen LogP contribution in [-0.2, 0) is 9.59 Å². The van der Waals surface area contributed by atoms with E-state index in [1.54, 1.807) is 0 Å². The van der Waals surface area contributed by atoms with E-state index in [0.29, 0.717) is 30.8 Å². The van der Waals surface area contributed by atoms with E-state index in [4.69, 9.17) is 9.84 Å². The standard InChI is InChI=1S/C13H14N2O6/c16-12-8-21-11-5-4-9(15(19)20)7-10(11)14(12)6-2-1-3-13(17)18/h4-5,7H,1-3,6,8H2,(H,17,18). The minimum Gasteiger partial charge on any atom is -0.482 e. The van der Waals surface area contributed by atoms with Crippen LogP contribution in [0.1, 0.15) is 19.3 Å². The Balaban J connectivity index is 2.14. The topological polar surface area (TPSA) is 110 Å². The van der Waals surface area contributed by atoms with E-state index < -0.39 is 10.9 Å². The molecule has 112 valence electrons. The number of nitro benzene ring substituents is 1. The number of ether oxygens (including phenoxy) is 1. The summed E-state index contributed by atoms with van der Waals surface area (Å²) in [6.07, 6.45) is 0.963. The van der Waals surface area contributed by atoms with Gasteiger partial charge >= 0.3 is 5.97 Å². The van der Waals surface area contributed by atoms with Crippen molar-refractivity contribution in [3.63, 3.8) is 0 Å². The number of aliphatic carboxylic acids is 1. The van der Waals surface area contributed by atoms with E-state index in [0.717, 1.165) is 0 Å². The second kappa shape index (κ2) is 6.21. The van der Waals surface area contributed by atoms with Crippen molar-refractivity contribution in [3.8, 4) is 5.75 Å². The summed E-state index contributed by atoms with van der Waals surface area (Å²) in [6.45, 7) is 0.188. The van der Waals surface area contributed by atoms with Gasteiger partial charge in [-0.15, -0.1) is 0 Å². The number of carbonyl (C=O) groups excluding carboxylic acids is 1. The molecule has 0 atom stereocenters. The van der Waals surface area contributed by atoms with Crippen molar-refractivity contribution in [3.05, 3.63) is 28.3 Å². The molecule has 21 heavy (non-hydrogen) atoms. The van der Waals surface area contributed by atoms with Crippen molar-refractivity contribution in [1.29, 1.82) is 0 Å². The molecule has 0 saturated carbocycles. The Morgan fingerprint density at radius 2 is 2.19 bits per heavy atom. The van der Waals surface area contributed by atoms with E-state index in [2.05, 4.69) is 0 Å². The molecule has 2 rings (SSSR count). The Morgan fingerprint density at radius 3 is 2.86 bits per heavy atom.